The standard InChI is InChI=1S/C20H28N4O/c1-15-5-4-6-18(16(15)2)24-11-9-23(10-12-24)13-19(25)22-20(3,14-21)17-7-8-17/h4-6,17H,7-13H2,1-3H3,(H,22,25). The topological polar surface area (TPSA) is 59.4 Å². The Morgan fingerprint density at radius 1 is 1.28 bits per heavy atom. The fourth-order valence-electron chi connectivity index (χ4n) is 3.64. The van der Waals surface area contributed by atoms with Gasteiger partial charge in [0.05, 0.1) is 12.6 Å². The Bertz CT molecular complexity index is 683. The van der Waals surface area contributed by atoms with E-state index in [9.17, 15) is 10.1 Å². The quantitative estimate of drug-likeness (QED) is 0.893. The third kappa shape index (κ3) is 3.96. The van der Waals surface area contributed by atoms with Crippen LogP contribution in [-0.4, -0.2) is 49.1 Å². The number of hydrogen-bond donors (Lipinski definition) is 1. The first kappa shape index (κ1) is 17.8. The van der Waals surface area contributed by atoms with Crippen molar-refractivity contribution in [2.75, 3.05) is 37.6 Å². The number of carbonyl (C=O) groups excluding carboxylic acids is 1. The maximum absolute atomic E-state index is 12.4. The maximum Gasteiger partial charge on any atom is 0.235 e. The second kappa shape index (κ2) is 7.05. The van der Waals surface area contributed by atoms with Gasteiger partial charge in [0.2, 0.25) is 5.91 Å². The lowest BCUT2D eigenvalue weighted by Gasteiger charge is -2.37. The van der Waals surface area contributed by atoms with Gasteiger partial charge in [0.1, 0.15) is 5.54 Å². The lowest BCUT2D eigenvalue weighted by Crippen LogP contribution is -2.53. The highest BCUT2D eigenvalue weighted by Gasteiger charge is 2.43. The van der Waals surface area contributed by atoms with E-state index in [1.807, 2.05) is 6.92 Å². The summed E-state index contributed by atoms with van der Waals surface area (Å²) in [6.07, 6.45) is 2.08. The summed E-state index contributed by atoms with van der Waals surface area (Å²) in [5, 5.41) is 12.3. The van der Waals surface area contributed by atoms with Crippen LogP contribution in [-0.2, 0) is 4.79 Å². The van der Waals surface area contributed by atoms with E-state index in [1.165, 1.54) is 16.8 Å². The molecule has 2 fully saturated rings. The third-order valence-corrected chi connectivity index (χ3v) is 5.68. The van der Waals surface area contributed by atoms with Crippen LogP contribution in [0.15, 0.2) is 18.2 Å². The van der Waals surface area contributed by atoms with Crippen molar-refractivity contribution in [3.8, 4) is 6.07 Å². The summed E-state index contributed by atoms with van der Waals surface area (Å²) >= 11 is 0. The number of rotatable bonds is 5. The zero-order valence-corrected chi connectivity index (χ0v) is 15.5. The number of carbonyl (C=O) groups is 1. The van der Waals surface area contributed by atoms with Crippen molar-refractivity contribution >= 4 is 11.6 Å². The molecule has 1 aliphatic carbocycles. The highest BCUT2D eigenvalue weighted by Crippen LogP contribution is 2.39. The van der Waals surface area contributed by atoms with Crippen molar-refractivity contribution in [2.45, 2.75) is 39.2 Å². The number of nitriles is 1. The molecule has 1 saturated carbocycles. The SMILES string of the molecule is Cc1cccc(N2CCN(CC(=O)NC(C)(C#N)C3CC3)CC2)c1C. The number of aryl methyl sites for hydroxylation is 1. The number of amides is 1. The molecular weight excluding hydrogens is 312 g/mol. The Hall–Kier alpha value is -2.06. The predicted molar refractivity (Wildman–Crippen MR) is 99.5 cm³/mol. The van der Waals surface area contributed by atoms with Crippen molar-refractivity contribution in [3.63, 3.8) is 0 Å². The summed E-state index contributed by atoms with van der Waals surface area (Å²) in [7, 11) is 0. The van der Waals surface area contributed by atoms with Gasteiger partial charge in [-0.2, -0.15) is 5.26 Å². The molecule has 1 heterocycles. The number of nitrogens with zero attached hydrogens (tertiary/aromatic N) is 3. The first-order valence-corrected chi connectivity index (χ1v) is 9.19. The van der Waals surface area contributed by atoms with Crippen LogP contribution in [0.25, 0.3) is 0 Å². The minimum Gasteiger partial charge on any atom is -0.369 e. The molecule has 0 bridgehead atoms. The minimum atomic E-state index is -0.697. The van der Waals surface area contributed by atoms with Crippen LogP contribution in [0.2, 0.25) is 0 Å². The highest BCUT2D eigenvalue weighted by molar-refractivity contribution is 5.79. The van der Waals surface area contributed by atoms with Gasteiger partial charge in [-0.15, -0.1) is 0 Å². The molecule has 25 heavy (non-hydrogen) atoms. The average Bonchev–Trinajstić information content (AvgIpc) is 3.43. The van der Waals surface area contributed by atoms with Gasteiger partial charge in [0.15, 0.2) is 0 Å². The molecule has 1 aromatic carbocycles. The minimum absolute atomic E-state index is 0.0314. The van der Waals surface area contributed by atoms with E-state index in [4.69, 9.17) is 0 Å². The summed E-state index contributed by atoms with van der Waals surface area (Å²) in [4.78, 5) is 16.9. The van der Waals surface area contributed by atoms with Gasteiger partial charge in [0.25, 0.3) is 0 Å². The summed E-state index contributed by atoms with van der Waals surface area (Å²) < 4.78 is 0. The normalized spacial score (nSPS) is 20.6. The molecule has 3 rings (SSSR count). The molecule has 0 aromatic heterocycles. The molecule has 2 aliphatic rings. The van der Waals surface area contributed by atoms with E-state index in [-0.39, 0.29) is 5.91 Å². The highest BCUT2D eigenvalue weighted by atomic mass is 16.2. The molecule has 1 saturated heterocycles. The molecule has 5 heteroatoms. The first-order chi connectivity index (χ1) is 11.9. The number of hydrogen-bond acceptors (Lipinski definition) is 4. The van der Waals surface area contributed by atoms with Crippen molar-refractivity contribution in [1.82, 2.24) is 10.2 Å². The van der Waals surface area contributed by atoms with Crippen molar-refractivity contribution < 1.29 is 4.79 Å². The molecule has 1 aliphatic heterocycles. The van der Waals surface area contributed by atoms with Crippen LogP contribution in [0.3, 0.4) is 0 Å². The number of benzene rings is 1. The Balaban J connectivity index is 1.52. The van der Waals surface area contributed by atoms with Crippen molar-refractivity contribution in [1.29, 1.82) is 5.26 Å². The molecule has 0 radical (unpaired) electrons. The smallest absolute Gasteiger partial charge is 0.235 e. The van der Waals surface area contributed by atoms with Gasteiger partial charge in [-0.1, -0.05) is 12.1 Å². The van der Waals surface area contributed by atoms with Gasteiger partial charge in [-0.05, 0) is 56.7 Å². The lowest BCUT2D eigenvalue weighted by molar-refractivity contribution is -0.123. The van der Waals surface area contributed by atoms with Crippen molar-refractivity contribution in [3.05, 3.63) is 29.3 Å². The molecule has 1 unspecified atom stereocenters. The fourth-order valence-corrected chi connectivity index (χ4v) is 3.64. The molecule has 5 nitrogen and oxygen atoms in total. The summed E-state index contributed by atoms with van der Waals surface area (Å²) in [5.74, 6) is 0.290. The van der Waals surface area contributed by atoms with Crippen molar-refractivity contribution in [2.24, 2.45) is 5.92 Å². The van der Waals surface area contributed by atoms with Gasteiger partial charge in [-0.25, -0.2) is 0 Å². The predicted octanol–water partition coefficient (Wildman–Crippen LogP) is 2.23. The van der Waals surface area contributed by atoms with E-state index in [1.54, 1.807) is 0 Å². The largest absolute Gasteiger partial charge is 0.369 e. The van der Waals surface area contributed by atoms with Crippen LogP contribution in [0.1, 0.15) is 30.9 Å². The number of nitrogens with one attached hydrogen (secondary N) is 1. The lowest BCUT2D eigenvalue weighted by atomic mass is 9.98. The second-order valence-electron chi connectivity index (χ2n) is 7.62. The molecule has 134 valence electrons. The van der Waals surface area contributed by atoms with Gasteiger partial charge < -0.3 is 10.2 Å². The number of piperazine rings is 1. The van der Waals surface area contributed by atoms with Crippen LogP contribution in [0, 0.1) is 31.1 Å². The van der Waals surface area contributed by atoms with Gasteiger partial charge >= 0.3 is 0 Å². The van der Waals surface area contributed by atoms with E-state index in [2.05, 4.69) is 53.2 Å². The van der Waals surface area contributed by atoms with E-state index in [0.717, 1.165) is 39.0 Å². The first-order valence-electron chi connectivity index (χ1n) is 9.19. The number of anilines is 1. The third-order valence-electron chi connectivity index (χ3n) is 5.68. The summed E-state index contributed by atoms with van der Waals surface area (Å²) in [6, 6.07) is 8.72. The zero-order chi connectivity index (χ0) is 18.0. The zero-order valence-electron chi connectivity index (χ0n) is 15.5. The summed E-state index contributed by atoms with van der Waals surface area (Å²) in [6.45, 7) is 10.1. The maximum atomic E-state index is 12.4. The Morgan fingerprint density at radius 3 is 2.56 bits per heavy atom. The average molecular weight is 340 g/mol. The Kier molecular flexibility index (Phi) is 5.01. The van der Waals surface area contributed by atoms with Gasteiger partial charge in [0, 0.05) is 31.9 Å². The molecule has 0 spiro atoms. The Morgan fingerprint density at radius 2 is 1.96 bits per heavy atom. The molecule has 1 amide bonds. The van der Waals surface area contributed by atoms with E-state index < -0.39 is 5.54 Å². The van der Waals surface area contributed by atoms with Crippen LogP contribution < -0.4 is 10.2 Å². The van der Waals surface area contributed by atoms with Crippen LogP contribution >= 0.6 is 0 Å². The van der Waals surface area contributed by atoms with Gasteiger partial charge in [-0.3, -0.25) is 9.69 Å². The van der Waals surface area contributed by atoms with Crippen LogP contribution in [0.5, 0.6) is 0 Å². The molecular formula is C20H28N4O. The second-order valence-corrected chi connectivity index (χ2v) is 7.62. The van der Waals surface area contributed by atoms with Crippen LogP contribution in [0.4, 0.5) is 5.69 Å². The fraction of sp³-hybridized carbons (Fsp3) is 0.600. The molecule has 1 atom stereocenters. The van der Waals surface area contributed by atoms with E-state index in [0.29, 0.717) is 12.5 Å². The molecule has 1 N–H and O–H groups in total. The van der Waals surface area contributed by atoms with E-state index >= 15 is 0 Å². The Labute approximate surface area is 150 Å². The summed E-state index contributed by atoms with van der Waals surface area (Å²) in [5.41, 5.74) is 3.25. The molecule has 1 aromatic rings. The monoisotopic (exact) mass is 340 g/mol.